The fraction of sp³-hybridized carbons (Fsp3) is 0.304. The first-order chi connectivity index (χ1) is 16.2. The van der Waals surface area contributed by atoms with E-state index >= 15 is 0 Å². The van der Waals surface area contributed by atoms with Gasteiger partial charge in [0.05, 0.1) is 7.11 Å². The van der Waals surface area contributed by atoms with Gasteiger partial charge in [-0.15, -0.1) is 6.42 Å². The number of terminal acetylenes is 1. The Kier molecular flexibility index (Phi) is 6.01. The van der Waals surface area contributed by atoms with Crippen LogP contribution in [0, 0.1) is 18.3 Å². The number of fused-ring (bicyclic) bond motifs is 1. The van der Waals surface area contributed by atoms with Crippen LogP contribution in [0.3, 0.4) is 0 Å². The van der Waals surface area contributed by atoms with Gasteiger partial charge in [0.1, 0.15) is 29.3 Å². The molecule has 1 amide bonds. The Morgan fingerprint density at radius 1 is 1.32 bits per heavy atom. The number of hydrogen-bond acceptors (Lipinski definition) is 7. The molecule has 0 bridgehead atoms. The normalized spacial score (nSPS) is 18.6. The van der Waals surface area contributed by atoms with Crippen LogP contribution < -0.4 is 15.8 Å². The Balaban J connectivity index is 1.81. The molecule has 1 aliphatic rings. The van der Waals surface area contributed by atoms with E-state index in [1.807, 2.05) is 0 Å². The van der Waals surface area contributed by atoms with Gasteiger partial charge in [-0.05, 0) is 37.1 Å². The Morgan fingerprint density at radius 2 is 2.09 bits per heavy atom. The summed E-state index contributed by atoms with van der Waals surface area (Å²) in [6.45, 7) is 0. The Hall–Kier alpha value is -3.91. The predicted octanol–water partition coefficient (Wildman–Crippen LogP) is 3.26. The average Bonchev–Trinajstić information content (AvgIpc) is 3.25. The summed E-state index contributed by atoms with van der Waals surface area (Å²) in [5.41, 5.74) is 4.85. The number of methoxy groups -OCH3 is 1. The first-order valence-corrected chi connectivity index (χ1v) is 10.2. The SMILES string of the molecule is C#C[C@H](N)c1oc(-c2ccc(OC)c3nc(C(F)(F)F)ccc23)nc1C(=O)NC1CCC1C=O. The Morgan fingerprint density at radius 3 is 2.68 bits per heavy atom. The quantitative estimate of drug-likeness (QED) is 0.417. The van der Waals surface area contributed by atoms with Crippen LogP contribution in [0.5, 0.6) is 5.75 Å². The van der Waals surface area contributed by atoms with Gasteiger partial charge in [-0.2, -0.15) is 13.2 Å². The zero-order chi connectivity index (χ0) is 24.6. The number of oxazole rings is 1. The highest BCUT2D eigenvalue weighted by molar-refractivity contribution is 5.98. The minimum absolute atomic E-state index is 0.0647. The number of hydrogen-bond donors (Lipinski definition) is 2. The maximum atomic E-state index is 13.2. The summed E-state index contributed by atoms with van der Waals surface area (Å²) < 4.78 is 50.5. The maximum absolute atomic E-state index is 13.2. The number of benzene rings is 1. The number of ether oxygens (including phenoxy) is 1. The second-order valence-corrected chi connectivity index (χ2v) is 7.74. The summed E-state index contributed by atoms with van der Waals surface area (Å²) in [6, 6.07) is 3.53. The van der Waals surface area contributed by atoms with Crippen LogP contribution in [0.15, 0.2) is 28.7 Å². The summed E-state index contributed by atoms with van der Waals surface area (Å²) in [4.78, 5) is 31.9. The lowest BCUT2D eigenvalue weighted by Gasteiger charge is -2.32. The number of aromatic nitrogens is 2. The van der Waals surface area contributed by atoms with Crippen molar-refractivity contribution in [3.8, 4) is 29.5 Å². The van der Waals surface area contributed by atoms with Crippen LogP contribution in [0.1, 0.15) is 40.8 Å². The number of amides is 1. The predicted molar refractivity (Wildman–Crippen MR) is 115 cm³/mol. The van der Waals surface area contributed by atoms with E-state index in [0.717, 1.165) is 12.4 Å². The van der Waals surface area contributed by atoms with Gasteiger partial charge in [0, 0.05) is 22.9 Å². The molecule has 0 aliphatic heterocycles. The molecule has 0 spiro atoms. The number of carbonyl (C=O) groups is 2. The van der Waals surface area contributed by atoms with E-state index < -0.39 is 23.8 Å². The smallest absolute Gasteiger partial charge is 0.433 e. The molecule has 1 aliphatic carbocycles. The number of halogens is 3. The van der Waals surface area contributed by atoms with Gasteiger partial charge in [0.25, 0.3) is 5.91 Å². The molecule has 1 saturated carbocycles. The highest BCUT2D eigenvalue weighted by Gasteiger charge is 2.35. The van der Waals surface area contributed by atoms with Crippen molar-refractivity contribution in [1.29, 1.82) is 0 Å². The van der Waals surface area contributed by atoms with E-state index in [2.05, 4.69) is 21.2 Å². The molecule has 0 saturated heterocycles. The van der Waals surface area contributed by atoms with Crippen LogP contribution >= 0.6 is 0 Å². The van der Waals surface area contributed by atoms with Gasteiger partial charge in [-0.3, -0.25) is 4.79 Å². The van der Waals surface area contributed by atoms with Gasteiger partial charge in [-0.1, -0.05) is 5.92 Å². The minimum Gasteiger partial charge on any atom is -0.494 e. The third-order valence-electron chi connectivity index (χ3n) is 5.71. The summed E-state index contributed by atoms with van der Waals surface area (Å²) in [5.74, 6) is 1.30. The lowest BCUT2D eigenvalue weighted by molar-refractivity contribution is -0.141. The fourth-order valence-electron chi connectivity index (χ4n) is 3.70. The Bertz CT molecular complexity index is 1310. The highest BCUT2D eigenvalue weighted by Crippen LogP contribution is 2.37. The molecule has 2 unspecified atom stereocenters. The van der Waals surface area contributed by atoms with Crippen molar-refractivity contribution in [3.05, 3.63) is 41.4 Å². The third-order valence-corrected chi connectivity index (χ3v) is 5.71. The molecule has 4 rings (SSSR count). The average molecular weight is 472 g/mol. The number of aldehydes is 1. The molecule has 2 aromatic heterocycles. The lowest BCUT2D eigenvalue weighted by atomic mass is 9.80. The van der Waals surface area contributed by atoms with E-state index in [9.17, 15) is 22.8 Å². The van der Waals surface area contributed by atoms with Crippen molar-refractivity contribution in [2.24, 2.45) is 11.7 Å². The number of pyridine rings is 1. The summed E-state index contributed by atoms with van der Waals surface area (Å²) in [6.07, 6.45) is 2.84. The molecule has 3 N–H and O–H groups in total. The standard InChI is InChI=1S/C23H19F3N4O4/c1-3-14(27)20-19(21(32)28-15-7-4-11(15)10-31)30-22(34-20)13-5-8-16(33-2)18-12(13)6-9-17(29-18)23(24,25)26/h1,5-6,8-11,14-15H,4,7,27H2,2H3,(H,28,32)/t11?,14-,15?/m0/s1. The summed E-state index contributed by atoms with van der Waals surface area (Å²) in [7, 11) is 1.31. The van der Waals surface area contributed by atoms with Crippen LogP contribution in [-0.2, 0) is 11.0 Å². The molecule has 1 aromatic carbocycles. The van der Waals surface area contributed by atoms with Gasteiger partial charge in [0.2, 0.25) is 5.89 Å². The zero-order valence-corrected chi connectivity index (χ0v) is 17.8. The topological polar surface area (TPSA) is 120 Å². The number of rotatable bonds is 6. The summed E-state index contributed by atoms with van der Waals surface area (Å²) >= 11 is 0. The molecule has 0 radical (unpaired) electrons. The first-order valence-electron chi connectivity index (χ1n) is 10.2. The first kappa shape index (κ1) is 23.3. The molecule has 2 heterocycles. The molecule has 8 nitrogen and oxygen atoms in total. The second kappa shape index (κ2) is 8.79. The summed E-state index contributed by atoms with van der Waals surface area (Å²) in [5, 5.41) is 2.97. The van der Waals surface area contributed by atoms with E-state index in [0.29, 0.717) is 12.8 Å². The van der Waals surface area contributed by atoms with Crippen LogP contribution in [0.2, 0.25) is 0 Å². The zero-order valence-electron chi connectivity index (χ0n) is 17.8. The molecule has 1 fully saturated rings. The second-order valence-electron chi connectivity index (χ2n) is 7.74. The van der Waals surface area contributed by atoms with E-state index in [1.165, 1.54) is 25.3 Å². The van der Waals surface area contributed by atoms with Gasteiger partial charge >= 0.3 is 6.18 Å². The van der Waals surface area contributed by atoms with E-state index in [-0.39, 0.29) is 51.5 Å². The van der Waals surface area contributed by atoms with Crippen molar-refractivity contribution in [3.63, 3.8) is 0 Å². The van der Waals surface area contributed by atoms with Gasteiger partial charge < -0.3 is 25.0 Å². The monoisotopic (exact) mass is 472 g/mol. The van der Waals surface area contributed by atoms with Crippen molar-refractivity contribution in [2.45, 2.75) is 31.1 Å². The lowest BCUT2D eigenvalue weighted by Crippen LogP contribution is -2.47. The molecular formula is C23H19F3N4O4. The maximum Gasteiger partial charge on any atom is 0.433 e. The molecule has 3 aromatic rings. The number of alkyl halides is 3. The van der Waals surface area contributed by atoms with Crippen LogP contribution in [0.4, 0.5) is 13.2 Å². The van der Waals surface area contributed by atoms with Crippen molar-refractivity contribution in [1.82, 2.24) is 15.3 Å². The minimum atomic E-state index is -4.66. The molecule has 176 valence electrons. The highest BCUT2D eigenvalue weighted by atomic mass is 19.4. The third kappa shape index (κ3) is 4.08. The largest absolute Gasteiger partial charge is 0.494 e. The molecule has 11 heteroatoms. The number of nitrogens with two attached hydrogens (primary N) is 1. The molecule has 34 heavy (non-hydrogen) atoms. The number of carbonyl (C=O) groups excluding carboxylic acids is 2. The van der Waals surface area contributed by atoms with E-state index in [4.69, 9.17) is 21.3 Å². The van der Waals surface area contributed by atoms with Crippen LogP contribution in [0.25, 0.3) is 22.4 Å². The Labute approximate surface area is 191 Å². The van der Waals surface area contributed by atoms with E-state index in [1.54, 1.807) is 0 Å². The van der Waals surface area contributed by atoms with Gasteiger partial charge in [0.15, 0.2) is 11.5 Å². The van der Waals surface area contributed by atoms with Crippen molar-refractivity contribution >= 4 is 23.1 Å². The van der Waals surface area contributed by atoms with Crippen molar-refractivity contribution < 1.29 is 31.9 Å². The fourth-order valence-corrected chi connectivity index (χ4v) is 3.70. The number of nitrogens with one attached hydrogen (secondary N) is 1. The number of nitrogens with zero attached hydrogens (tertiary/aromatic N) is 2. The molecule has 3 atom stereocenters. The van der Waals surface area contributed by atoms with Crippen LogP contribution in [-0.4, -0.2) is 35.3 Å². The van der Waals surface area contributed by atoms with Crippen molar-refractivity contribution in [2.75, 3.05) is 7.11 Å². The van der Waals surface area contributed by atoms with Gasteiger partial charge in [-0.25, -0.2) is 9.97 Å². The molecular weight excluding hydrogens is 453 g/mol.